The zero-order valence-corrected chi connectivity index (χ0v) is 11.9. The number of hydrogen-bond acceptors (Lipinski definition) is 3. The predicted molar refractivity (Wildman–Crippen MR) is 75.0 cm³/mol. The molecule has 0 saturated heterocycles. The summed E-state index contributed by atoms with van der Waals surface area (Å²) in [6, 6.07) is 4.21. The van der Waals surface area contributed by atoms with Gasteiger partial charge in [0, 0.05) is 18.2 Å². The van der Waals surface area contributed by atoms with E-state index in [0.29, 0.717) is 16.8 Å². The molecule has 0 bridgehead atoms. The number of benzene rings is 1. The summed E-state index contributed by atoms with van der Waals surface area (Å²) in [5, 5.41) is 4.12. The van der Waals surface area contributed by atoms with Gasteiger partial charge < -0.3 is 14.8 Å². The molecule has 0 aliphatic heterocycles. The Kier molecular flexibility index (Phi) is 4.23. The van der Waals surface area contributed by atoms with Crippen molar-refractivity contribution in [3.8, 4) is 11.5 Å². The third-order valence-electron chi connectivity index (χ3n) is 3.45. The Morgan fingerprint density at radius 2 is 1.94 bits per heavy atom. The Morgan fingerprint density at radius 3 is 2.44 bits per heavy atom. The molecule has 1 atom stereocenters. The van der Waals surface area contributed by atoms with E-state index in [1.54, 1.807) is 20.3 Å². The third kappa shape index (κ3) is 2.83. The highest BCUT2D eigenvalue weighted by Crippen LogP contribution is 2.40. The molecule has 1 aliphatic carbocycles. The van der Waals surface area contributed by atoms with Gasteiger partial charge in [-0.25, -0.2) is 0 Å². The lowest BCUT2D eigenvalue weighted by molar-refractivity contribution is 0.404. The van der Waals surface area contributed by atoms with Crippen LogP contribution in [-0.2, 0) is 0 Å². The van der Waals surface area contributed by atoms with E-state index in [2.05, 4.69) is 12.2 Å². The summed E-state index contributed by atoms with van der Waals surface area (Å²) < 4.78 is 10.6. The van der Waals surface area contributed by atoms with Gasteiger partial charge in [0.25, 0.3) is 0 Å². The molecule has 1 fully saturated rings. The van der Waals surface area contributed by atoms with Crippen molar-refractivity contribution in [1.29, 1.82) is 0 Å². The molecule has 18 heavy (non-hydrogen) atoms. The van der Waals surface area contributed by atoms with E-state index in [-0.39, 0.29) is 0 Å². The highest BCUT2D eigenvalue weighted by atomic mass is 35.5. The first-order valence-corrected chi connectivity index (χ1v) is 6.75. The van der Waals surface area contributed by atoms with Gasteiger partial charge in [0.2, 0.25) is 0 Å². The first kappa shape index (κ1) is 13.3. The molecule has 0 aromatic heterocycles. The van der Waals surface area contributed by atoms with Crippen molar-refractivity contribution >= 4 is 17.3 Å². The smallest absolute Gasteiger partial charge is 0.143 e. The van der Waals surface area contributed by atoms with Crippen molar-refractivity contribution in [2.45, 2.75) is 32.2 Å². The largest absolute Gasteiger partial charge is 0.495 e. The second-order valence-corrected chi connectivity index (χ2v) is 5.09. The minimum atomic E-state index is 0.504. The zero-order chi connectivity index (χ0) is 13.1. The maximum absolute atomic E-state index is 6.09. The van der Waals surface area contributed by atoms with Crippen molar-refractivity contribution in [3.05, 3.63) is 17.2 Å². The molecule has 1 aromatic carbocycles. The average molecular weight is 270 g/mol. The molecule has 1 saturated carbocycles. The summed E-state index contributed by atoms with van der Waals surface area (Å²) in [6.07, 6.45) is 3.75. The quantitative estimate of drug-likeness (QED) is 0.848. The normalized spacial score (nSPS) is 16.2. The van der Waals surface area contributed by atoms with Crippen molar-refractivity contribution in [2.24, 2.45) is 5.92 Å². The van der Waals surface area contributed by atoms with Gasteiger partial charge in [-0.3, -0.25) is 0 Å². The van der Waals surface area contributed by atoms with Crippen molar-refractivity contribution in [3.63, 3.8) is 0 Å². The number of rotatable bonds is 6. The number of anilines is 1. The van der Waals surface area contributed by atoms with E-state index in [0.717, 1.165) is 23.8 Å². The predicted octanol–water partition coefficient (Wildman–Crippen LogP) is 3.96. The van der Waals surface area contributed by atoms with Crippen LogP contribution in [-0.4, -0.2) is 20.3 Å². The van der Waals surface area contributed by atoms with E-state index in [1.807, 2.05) is 6.07 Å². The second-order valence-electron chi connectivity index (χ2n) is 4.68. The van der Waals surface area contributed by atoms with E-state index < -0.39 is 0 Å². The maximum Gasteiger partial charge on any atom is 0.143 e. The molecule has 3 nitrogen and oxygen atoms in total. The first-order chi connectivity index (χ1) is 8.69. The zero-order valence-electron chi connectivity index (χ0n) is 11.1. The molecule has 0 radical (unpaired) electrons. The van der Waals surface area contributed by atoms with Crippen LogP contribution in [0.3, 0.4) is 0 Å². The van der Waals surface area contributed by atoms with Crippen LogP contribution in [0.25, 0.3) is 0 Å². The molecule has 4 heteroatoms. The van der Waals surface area contributed by atoms with Crippen LogP contribution in [0.15, 0.2) is 12.1 Å². The van der Waals surface area contributed by atoms with Crippen LogP contribution in [0.2, 0.25) is 5.02 Å². The summed E-state index contributed by atoms with van der Waals surface area (Å²) >= 11 is 6.09. The van der Waals surface area contributed by atoms with E-state index >= 15 is 0 Å². The maximum atomic E-state index is 6.09. The van der Waals surface area contributed by atoms with Crippen molar-refractivity contribution in [2.75, 3.05) is 19.5 Å². The lowest BCUT2D eigenvalue weighted by Crippen LogP contribution is -2.21. The van der Waals surface area contributed by atoms with Crippen LogP contribution in [0.5, 0.6) is 11.5 Å². The van der Waals surface area contributed by atoms with Gasteiger partial charge in [0.1, 0.15) is 11.5 Å². The molecule has 100 valence electrons. The van der Waals surface area contributed by atoms with Crippen LogP contribution in [0.1, 0.15) is 26.2 Å². The molecule has 0 amide bonds. The van der Waals surface area contributed by atoms with Gasteiger partial charge in [0.05, 0.1) is 24.9 Å². The molecule has 0 spiro atoms. The fourth-order valence-corrected chi connectivity index (χ4v) is 2.46. The van der Waals surface area contributed by atoms with Crippen LogP contribution in [0, 0.1) is 5.92 Å². The lowest BCUT2D eigenvalue weighted by atomic mass is 10.1. The molecular weight excluding hydrogens is 250 g/mol. The van der Waals surface area contributed by atoms with Gasteiger partial charge >= 0.3 is 0 Å². The average Bonchev–Trinajstić information content (AvgIpc) is 3.21. The Hall–Kier alpha value is -1.09. The topological polar surface area (TPSA) is 30.5 Å². The van der Waals surface area contributed by atoms with Gasteiger partial charge in [-0.05, 0) is 25.2 Å². The van der Waals surface area contributed by atoms with Crippen molar-refractivity contribution in [1.82, 2.24) is 0 Å². The molecular formula is C14H20ClNO2. The minimum absolute atomic E-state index is 0.504. The van der Waals surface area contributed by atoms with Gasteiger partial charge in [-0.15, -0.1) is 0 Å². The molecule has 1 N–H and O–H groups in total. The summed E-state index contributed by atoms with van der Waals surface area (Å²) in [6.45, 7) is 2.20. The Labute approximate surface area is 113 Å². The number of ether oxygens (including phenoxy) is 2. The molecule has 1 unspecified atom stereocenters. The summed E-state index contributed by atoms with van der Waals surface area (Å²) in [5.41, 5.74) is 0.956. The highest BCUT2D eigenvalue weighted by Gasteiger charge is 2.30. The number of nitrogens with one attached hydrogen (secondary N) is 1. The Morgan fingerprint density at radius 1 is 1.28 bits per heavy atom. The van der Waals surface area contributed by atoms with Crippen LogP contribution >= 0.6 is 11.6 Å². The number of methoxy groups -OCH3 is 2. The Bertz CT molecular complexity index is 419. The minimum Gasteiger partial charge on any atom is -0.495 e. The molecule has 1 aliphatic rings. The SMILES string of the molecule is CCC(Nc1cc(OC)c(Cl)cc1OC)C1CC1. The fraction of sp³-hybridized carbons (Fsp3) is 0.571. The van der Waals surface area contributed by atoms with Crippen LogP contribution in [0.4, 0.5) is 5.69 Å². The Balaban J connectivity index is 2.23. The summed E-state index contributed by atoms with van der Waals surface area (Å²) in [5.74, 6) is 2.23. The first-order valence-electron chi connectivity index (χ1n) is 6.37. The van der Waals surface area contributed by atoms with Crippen molar-refractivity contribution < 1.29 is 9.47 Å². The highest BCUT2D eigenvalue weighted by molar-refractivity contribution is 6.32. The second kappa shape index (κ2) is 5.70. The standard InChI is InChI=1S/C14H20ClNO2/c1-4-11(9-5-6-9)16-12-8-13(17-2)10(15)7-14(12)18-3/h7-9,11,16H,4-6H2,1-3H3. The van der Waals surface area contributed by atoms with E-state index in [9.17, 15) is 0 Å². The fourth-order valence-electron chi connectivity index (χ4n) is 2.22. The van der Waals surface area contributed by atoms with Crippen LogP contribution < -0.4 is 14.8 Å². The summed E-state index contributed by atoms with van der Waals surface area (Å²) in [7, 11) is 3.27. The number of hydrogen-bond donors (Lipinski definition) is 1. The van der Waals surface area contributed by atoms with Gasteiger partial charge in [0.15, 0.2) is 0 Å². The van der Waals surface area contributed by atoms with E-state index in [1.165, 1.54) is 12.8 Å². The molecule has 1 aromatic rings. The summed E-state index contributed by atoms with van der Waals surface area (Å²) in [4.78, 5) is 0. The monoisotopic (exact) mass is 269 g/mol. The number of halogens is 1. The lowest BCUT2D eigenvalue weighted by Gasteiger charge is -2.20. The molecule has 0 heterocycles. The third-order valence-corrected chi connectivity index (χ3v) is 3.74. The van der Waals surface area contributed by atoms with E-state index in [4.69, 9.17) is 21.1 Å². The van der Waals surface area contributed by atoms with Gasteiger partial charge in [-0.1, -0.05) is 18.5 Å². The molecule has 2 rings (SSSR count). The van der Waals surface area contributed by atoms with Gasteiger partial charge in [-0.2, -0.15) is 0 Å².